The van der Waals surface area contributed by atoms with Crippen LogP contribution < -0.4 is 5.32 Å². The summed E-state index contributed by atoms with van der Waals surface area (Å²) < 4.78 is 0. The first-order valence-corrected chi connectivity index (χ1v) is 6.42. The number of carbonyl (C=O) groups is 2. The second-order valence-electron chi connectivity index (χ2n) is 4.46. The number of pyridine rings is 1. The minimum atomic E-state index is -0.954. The quantitative estimate of drug-likeness (QED) is 0.848. The molecule has 1 aromatic carbocycles. The van der Waals surface area contributed by atoms with E-state index in [9.17, 15) is 9.59 Å². The number of carboxylic acids is 1. The zero-order chi connectivity index (χ0) is 14.7. The number of nitrogens with zero attached hydrogens (tertiary/aromatic N) is 1. The summed E-state index contributed by atoms with van der Waals surface area (Å²) in [4.78, 5) is 26.8. The number of hydrogen-bond acceptors (Lipinski definition) is 3. The van der Waals surface area contributed by atoms with Gasteiger partial charge in [-0.15, -0.1) is 0 Å². The van der Waals surface area contributed by atoms with Crippen molar-refractivity contribution < 1.29 is 14.7 Å². The fourth-order valence-corrected chi connectivity index (χ4v) is 1.98. The van der Waals surface area contributed by atoms with Gasteiger partial charge in [0, 0.05) is 18.1 Å². The monoisotopic (exact) mass is 292 g/mol. The van der Waals surface area contributed by atoms with Gasteiger partial charge in [-0.2, -0.15) is 0 Å². The number of nitrogens with one attached hydrogen (secondary N) is 1. The number of aliphatic carboxylic acids is 1. The van der Waals surface area contributed by atoms with Gasteiger partial charge in [0.2, 0.25) is 0 Å². The van der Waals surface area contributed by atoms with Crippen molar-refractivity contribution in [3.05, 3.63) is 41.2 Å². The molecule has 6 heteroatoms. The summed E-state index contributed by atoms with van der Waals surface area (Å²) in [6.07, 6.45) is 1.39. The minimum absolute atomic E-state index is 0.0606. The summed E-state index contributed by atoms with van der Waals surface area (Å²) in [5, 5.41) is 13.1. The zero-order valence-electron chi connectivity index (χ0n) is 10.8. The molecular formula is C14H13ClN2O3. The van der Waals surface area contributed by atoms with Gasteiger partial charge in [-0.25, -0.2) is 4.98 Å². The average molecular weight is 293 g/mol. The summed E-state index contributed by atoms with van der Waals surface area (Å²) >= 11 is 5.98. The summed E-state index contributed by atoms with van der Waals surface area (Å²) in [6, 6.07) is 7.17. The third-order valence-electron chi connectivity index (χ3n) is 2.98. The van der Waals surface area contributed by atoms with E-state index in [-0.39, 0.29) is 12.5 Å². The normalized spacial score (nSPS) is 12.1. The van der Waals surface area contributed by atoms with Crippen molar-refractivity contribution in [2.45, 2.75) is 6.92 Å². The van der Waals surface area contributed by atoms with E-state index in [0.717, 1.165) is 0 Å². The van der Waals surface area contributed by atoms with Crippen molar-refractivity contribution in [2.24, 2.45) is 5.92 Å². The molecule has 0 aliphatic heterocycles. The fraction of sp³-hybridized carbons (Fsp3) is 0.214. The van der Waals surface area contributed by atoms with Gasteiger partial charge in [0.15, 0.2) is 0 Å². The Morgan fingerprint density at radius 2 is 2.00 bits per heavy atom. The summed E-state index contributed by atoms with van der Waals surface area (Å²) in [5.41, 5.74) is 0.377. The van der Waals surface area contributed by atoms with E-state index in [2.05, 4.69) is 10.3 Å². The molecular weight excluding hydrogens is 280 g/mol. The average Bonchev–Trinajstić information content (AvgIpc) is 2.45. The molecule has 2 aromatic rings. The van der Waals surface area contributed by atoms with Gasteiger partial charge >= 0.3 is 5.97 Å². The van der Waals surface area contributed by atoms with Crippen LogP contribution in [0.1, 0.15) is 17.3 Å². The number of halogens is 1. The van der Waals surface area contributed by atoms with Crippen molar-refractivity contribution in [3.8, 4) is 0 Å². The Balaban J connectivity index is 2.27. The Morgan fingerprint density at radius 3 is 2.65 bits per heavy atom. The van der Waals surface area contributed by atoms with Crippen molar-refractivity contribution in [1.82, 2.24) is 10.3 Å². The molecule has 0 fully saturated rings. The van der Waals surface area contributed by atoms with Crippen LogP contribution in [0.2, 0.25) is 5.15 Å². The first kappa shape index (κ1) is 14.3. The smallest absolute Gasteiger partial charge is 0.308 e. The lowest BCUT2D eigenvalue weighted by molar-refractivity contribution is -0.140. The van der Waals surface area contributed by atoms with Gasteiger partial charge in [0.05, 0.1) is 11.5 Å². The number of carbonyl (C=O) groups excluding carboxylic acids is 1. The van der Waals surface area contributed by atoms with Crippen LogP contribution in [-0.2, 0) is 4.79 Å². The van der Waals surface area contributed by atoms with Crippen LogP contribution >= 0.6 is 11.6 Å². The molecule has 1 atom stereocenters. The molecule has 104 valence electrons. The molecule has 1 amide bonds. The number of hydrogen-bond donors (Lipinski definition) is 2. The van der Waals surface area contributed by atoms with Crippen LogP contribution in [0.4, 0.5) is 0 Å². The number of benzene rings is 1. The first-order valence-electron chi connectivity index (χ1n) is 6.05. The van der Waals surface area contributed by atoms with Crippen LogP contribution in [0, 0.1) is 5.92 Å². The molecule has 0 aliphatic carbocycles. The Kier molecular flexibility index (Phi) is 4.20. The third kappa shape index (κ3) is 2.88. The zero-order valence-corrected chi connectivity index (χ0v) is 11.5. The van der Waals surface area contributed by atoms with Crippen LogP contribution in [0.5, 0.6) is 0 Å². The summed E-state index contributed by atoms with van der Waals surface area (Å²) in [6.45, 7) is 1.59. The fourth-order valence-electron chi connectivity index (χ4n) is 1.77. The van der Waals surface area contributed by atoms with Crippen LogP contribution in [0.15, 0.2) is 30.5 Å². The molecule has 1 heterocycles. The lowest BCUT2D eigenvalue weighted by Gasteiger charge is -2.10. The van der Waals surface area contributed by atoms with E-state index in [0.29, 0.717) is 21.5 Å². The van der Waals surface area contributed by atoms with Gasteiger partial charge in [-0.1, -0.05) is 42.8 Å². The second kappa shape index (κ2) is 5.88. The van der Waals surface area contributed by atoms with E-state index >= 15 is 0 Å². The molecule has 0 bridgehead atoms. The molecule has 0 spiro atoms. The lowest BCUT2D eigenvalue weighted by Crippen LogP contribution is -2.31. The molecule has 0 radical (unpaired) electrons. The Labute approximate surface area is 120 Å². The summed E-state index contributed by atoms with van der Waals surface area (Å²) in [5.74, 6) is -1.96. The standard InChI is InChI=1S/C14H13ClN2O3/c1-8(14(19)20)6-17-13(18)11-7-16-12(15)10-5-3-2-4-9(10)11/h2-5,7-8H,6H2,1H3,(H,17,18)(H,19,20). The second-order valence-corrected chi connectivity index (χ2v) is 4.82. The molecule has 0 saturated carbocycles. The molecule has 2 N–H and O–H groups in total. The molecule has 2 rings (SSSR count). The highest BCUT2D eigenvalue weighted by atomic mass is 35.5. The Bertz CT molecular complexity index is 673. The number of carboxylic acid groups (broad SMARTS) is 1. The molecule has 1 aromatic heterocycles. The first-order chi connectivity index (χ1) is 9.50. The predicted molar refractivity (Wildman–Crippen MR) is 75.9 cm³/mol. The highest BCUT2D eigenvalue weighted by Gasteiger charge is 2.16. The SMILES string of the molecule is CC(CNC(=O)c1cnc(Cl)c2ccccc12)C(=O)O. The molecule has 1 unspecified atom stereocenters. The van der Waals surface area contributed by atoms with Crippen molar-refractivity contribution >= 4 is 34.2 Å². The van der Waals surface area contributed by atoms with Crippen molar-refractivity contribution in [3.63, 3.8) is 0 Å². The molecule has 0 saturated heterocycles. The number of fused-ring (bicyclic) bond motifs is 1. The summed E-state index contributed by atoms with van der Waals surface area (Å²) in [7, 11) is 0. The predicted octanol–water partition coefficient (Wildman–Crippen LogP) is 2.34. The van der Waals surface area contributed by atoms with E-state index in [1.807, 2.05) is 6.07 Å². The highest BCUT2D eigenvalue weighted by molar-refractivity contribution is 6.34. The third-order valence-corrected chi connectivity index (χ3v) is 3.28. The topological polar surface area (TPSA) is 79.3 Å². The van der Waals surface area contributed by atoms with Gasteiger partial charge < -0.3 is 10.4 Å². The highest BCUT2D eigenvalue weighted by Crippen LogP contribution is 2.24. The molecule has 0 aliphatic rings. The van der Waals surface area contributed by atoms with Gasteiger partial charge in [-0.3, -0.25) is 9.59 Å². The van der Waals surface area contributed by atoms with E-state index < -0.39 is 11.9 Å². The van der Waals surface area contributed by atoms with Crippen LogP contribution in [0.25, 0.3) is 10.8 Å². The largest absolute Gasteiger partial charge is 0.481 e. The number of amides is 1. The van der Waals surface area contributed by atoms with E-state index in [1.165, 1.54) is 13.1 Å². The Morgan fingerprint density at radius 1 is 1.35 bits per heavy atom. The van der Waals surface area contributed by atoms with Gasteiger partial charge in [0.1, 0.15) is 5.15 Å². The van der Waals surface area contributed by atoms with Gasteiger partial charge in [-0.05, 0) is 5.39 Å². The maximum atomic E-state index is 12.1. The van der Waals surface area contributed by atoms with E-state index in [1.54, 1.807) is 18.2 Å². The minimum Gasteiger partial charge on any atom is -0.481 e. The van der Waals surface area contributed by atoms with Crippen LogP contribution in [0.3, 0.4) is 0 Å². The molecule has 5 nitrogen and oxygen atoms in total. The number of aromatic nitrogens is 1. The molecule has 20 heavy (non-hydrogen) atoms. The van der Waals surface area contributed by atoms with E-state index in [4.69, 9.17) is 16.7 Å². The number of rotatable bonds is 4. The Hall–Kier alpha value is -2.14. The maximum absolute atomic E-state index is 12.1. The van der Waals surface area contributed by atoms with Crippen molar-refractivity contribution in [1.29, 1.82) is 0 Å². The van der Waals surface area contributed by atoms with Crippen LogP contribution in [-0.4, -0.2) is 28.5 Å². The van der Waals surface area contributed by atoms with Gasteiger partial charge in [0.25, 0.3) is 5.91 Å². The maximum Gasteiger partial charge on any atom is 0.308 e. The lowest BCUT2D eigenvalue weighted by atomic mass is 10.1. The van der Waals surface area contributed by atoms with Crippen molar-refractivity contribution in [2.75, 3.05) is 6.54 Å².